The van der Waals surface area contributed by atoms with Crippen LogP contribution >= 0.6 is 22.6 Å². The molecule has 4 nitrogen and oxygen atoms in total. The van der Waals surface area contributed by atoms with E-state index in [-0.39, 0.29) is 0 Å². The molecule has 1 saturated carbocycles. The van der Waals surface area contributed by atoms with Crippen molar-refractivity contribution in [3.63, 3.8) is 0 Å². The van der Waals surface area contributed by atoms with Gasteiger partial charge in [-0.3, -0.25) is 0 Å². The molecular formula is C10H16IN3O. The number of halogens is 1. The minimum absolute atomic E-state index is 0.317. The number of hydrogen-bond acceptors (Lipinski definition) is 3. The van der Waals surface area contributed by atoms with Crippen molar-refractivity contribution >= 4 is 28.4 Å². The zero-order valence-electron chi connectivity index (χ0n) is 9.03. The number of hydrogen-bond donors (Lipinski definition) is 1. The highest BCUT2D eigenvalue weighted by Crippen LogP contribution is 2.41. The third kappa shape index (κ3) is 2.13. The van der Waals surface area contributed by atoms with Gasteiger partial charge in [0.1, 0.15) is 5.82 Å². The summed E-state index contributed by atoms with van der Waals surface area (Å²) in [5.41, 5.74) is 7.05. The van der Waals surface area contributed by atoms with Crippen LogP contribution in [-0.4, -0.2) is 23.5 Å². The van der Waals surface area contributed by atoms with E-state index in [1.165, 1.54) is 12.8 Å². The van der Waals surface area contributed by atoms with E-state index in [0.29, 0.717) is 18.6 Å². The first kappa shape index (κ1) is 11.2. The summed E-state index contributed by atoms with van der Waals surface area (Å²) in [6, 6.07) is 0.317. The van der Waals surface area contributed by atoms with Gasteiger partial charge in [0.05, 0.1) is 21.9 Å². The van der Waals surface area contributed by atoms with E-state index in [0.717, 1.165) is 15.1 Å². The van der Waals surface area contributed by atoms with Crippen LogP contribution in [-0.2, 0) is 4.74 Å². The van der Waals surface area contributed by atoms with Gasteiger partial charge in [0, 0.05) is 7.11 Å². The van der Waals surface area contributed by atoms with Crippen molar-refractivity contribution in [3.8, 4) is 0 Å². The Morgan fingerprint density at radius 2 is 2.33 bits per heavy atom. The summed E-state index contributed by atoms with van der Waals surface area (Å²) in [5.74, 6) is 1.48. The summed E-state index contributed by atoms with van der Waals surface area (Å²) in [6.45, 7) is 2.69. The molecule has 84 valence electrons. The fraction of sp³-hybridized carbons (Fsp3) is 0.700. The number of nitrogens with two attached hydrogens (primary N) is 1. The second-order valence-electron chi connectivity index (χ2n) is 4.09. The summed E-state index contributed by atoms with van der Waals surface area (Å²) in [5, 5.41) is 4.49. The van der Waals surface area contributed by atoms with Gasteiger partial charge in [0.15, 0.2) is 0 Å². The Bertz CT molecular complexity index is 360. The Labute approximate surface area is 103 Å². The maximum atomic E-state index is 6.04. The summed E-state index contributed by atoms with van der Waals surface area (Å²) in [4.78, 5) is 0. The number of aromatic nitrogens is 2. The van der Waals surface area contributed by atoms with Crippen molar-refractivity contribution < 1.29 is 4.74 Å². The molecule has 1 aliphatic carbocycles. The molecule has 1 aromatic heterocycles. The highest BCUT2D eigenvalue weighted by Gasteiger charge is 2.34. The van der Waals surface area contributed by atoms with E-state index in [2.05, 4.69) is 27.7 Å². The number of methoxy groups -OCH3 is 1. The molecule has 1 aliphatic rings. The van der Waals surface area contributed by atoms with Gasteiger partial charge < -0.3 is 10.5 Å². The Kier molecular flexibility index (Phi) is 3.20. The molecule has 1 atom stereocenters. The molecule has 5 heteroatoms. The van der Waals surface area contributed by atoms with Gasteiger partial charge in [0.25, 0.3) is 0 Å². The van der Waals surface area contributed by atoms with Crippen LogP contribution in [0.4, 0.5) is 5.82 Å². The molecule has 2 N–H and O–H groups in total. The zero-order chi connectivity index (χ0) is 11.0. The molecule has 0 spiro atoms. The molecule has 0 aromatic carbocycles. The molecule has 0 saturated heterocycles. The molecule has 1 aromatic rings. The smallest absolute Gasteiger partial charge is 0.135 e. The molecule has 0 amide bonds. The maximum Gasteiger partial charge on any atom is 0.135 e. The molecule has 2 rings (SSSR count). The fourth-order valence-corrected chi connectivity index (χ4v) is 2.21. The standard InChI is InChI=1S/C10H16IN3O/c1-6-9(11)10(12)14(13-6)8(5-15-2)7-3-4-7/h7-8H,3-5,12H2,1-2H3. The maximum absolute atomic E-state index is 6.04. The SMILES string of the molecule is COCC(C1CC1)n1nc(C)c(I)c1N. The van der Waals surface area contributed by atoms with Crippen LogP contribution in [0.1, 0.15) is 24.6 Å². The van der Waals surface area contributed by atoms with Crippen molar-refractivity contribution in [1.82, 2.24) is 9.78 Å². The topological polar surface area (TPSA) is 53.1 Å². The molecule has 1 fully saturated rings. The average molecular weight is 321 g/mol. The third-order valence-electron chi connectivity index (χ3n) is 2.86. The molecule has 0 bridgehead atoms. The van der Waals surface area contributed by atoms with Crippen LogP contribution in [0, 0.1) is 16.4 Å². The lowest BCUT2D eigenvalue weighted by atomic mass is 10.2. The monoisotopic (exact) mass is 321 g/mol. The number of nitrogens with zero attached hydrogens (tertiary/aromatic N) is 2. The highest BCUT2D eigenvalue weighted by atomic mass is 127. The summed E-state index contributed by atoms with van der Waals surface area (Å²) >= 11 is 2.25. The Morgan fingerprint density at radius 3 is 2.73 bits per heavy atom. The molecule has 1 heterocycles. The number of nitrogen functional groups attached to an aromatic ring is 1. The van der Waals surface area contributed by atoms with Gasteiger partial charge in [-0.15, -0.1) is 0 Å². The van der Waals surface area contributed by atoms with Gasteiger partial charge in [0.2, 0.25) is 0 Å². The lowest BCUT2D eigenvalue weighted by Gasteiger charge is -2.17. The van der Waals surface area contributed by atoms with Crippen molar-refractivity contribution in [1.29, 1.82) is 0 Å². The summed E-state index contributed by atoms with van der Waals surface area (Å²) in [7, 11) is 1.73. The second-order valence-corrected chi connectivity index (χ2v) is 5.17. The molecule has 0 radical (unpaired) electrons. The first-order chi connectivity index (χ1) is 7.15. The minimum Gasteiger partial charge on any atom is -0.383 e. The van der Waals surface area contributed by atoms with E-state index < -0.39 is 0 Å². The van der Waals surface area contributed by atoms with E-state index in [9.17, 15) is 0 Å². The van der Waals surface area contributed by atoms with Gasteiger partial charge in [-0.05, 0) is 48.3 Å². The normalized spacial score (nSPS) is 18.1. The van der Waals surface area contributed by atoms with Crippen molar-refractivity contribution in [2.75, 3.05) is 19.5 Å². The molecule has 15 heavy (non-hydrogen) atoms. The van der Waals surface area contributed by atoms with Crippen molar-refractivity contribution in [3.05, 3.63) is 9.26 Å². The molecule has 0 aliphatic heterocycles. The molecular weight excluding hydrogens is 305 g/mol. The van der Waals surface area contributed by atoms with Crippen molar-refractivity contribution in [2.45, 2.75) is 25.8 Å². The van der Waals surface area contributed by atoms with E-state index in [4.69, 9.17) is 10.5 Å². The van der Waals surface area contributed by atoms with Crippen LogP contribution in [0.25, 0.3) is 0 Å². The summed E-state index contributed by atoms with van der Waals surface area (Å²) in [6.07, 6.45) is 2.53. The van der Waals surface area contributed by atoms with Gasteiger partial charge >= 0.3 is 0 Å². The number of rotatable bonds is 4. The highest BCUT2D eigenvalue weighted by molar-refractivity contribution is 14.1. The Morgan fingerprint density at radius 1 is 1.67 bits per heavy atom. The van der Waals surface area contributed by atoms with Crippen LogP contribution in [0.15, 0.2) is 0 Å². The number of anilines is 1. The van der Waals surface area contributed by atoms with Crippen molar-refractivity contribution in [2.24, 2.45) is 5.92 Å². The van der Waals surface area contributed by atoms with E-state index in [1.54, 1.807) is 7.11 Å². The predicted molar refractivity (Wildman–Crippen MR) is 67.7 cm³/mol. The van der Waals surface area contributed by atoms with Crippen LogP contribution in [0.2, 0.25) is 0 Å². The first-order valence-corrected chi connectivity index (χ1v) is 6.22. The van der Waals surface area contributed by atoms with Gasteiger partial charge in [-0.1, -0.05) is 0 Å². The largest absolute Gasteiger partial charge is 0.383 e. The van der Waals surface area contributed by atoms with Gasteiger partial charge in [-0.2, -0.15) is 5.10 Å². The first-order valence-electron chi connectivity index (χ1n) is 5.14. The van der Waals surface area contributed by atoms with Crippen LogP contribution < -0.4 is 5.73 Å². The fourth-order valence-electron chi connectivity index (χ4n) is 1.86. The quantitative estimate of drug-likeness (QED) is 0.863. The number of aryl methyl sites for hydroxylation is 1. The molecule has 1 unspecified atom stereocenters. The second kappa shape index (κ2) is 4.29. The Balaban J connectivity index is 2.28. The predicted octanol–water partition coefficient (Wildman–Crippen LogP) is 1.98. The minimum atomic E-state index is 0.317. The summed E-state index contributed by atoms with van der Waals surface area (Å²) < 4.78 is 8.25. The third-order valence-corrected chi connectivity index (χ3v) is 4.20. The Hall–Kier alpha value is -0.300. The van der Waals surface area contributed by atoms with Gasteiger partial charge in [-0.25, -0.2) is 4.68 Å². The van der Waals surface area contributed by atoms with E-state index in [1.807, 2.05) is 11.6 Å². The lowest BCUT2D eigenvalue weighted by Crippen LogP contribution is -2.20. The van der Waals surface area contributed by atoms with E-state index >= 15 is 0 Å². The van der Waals surface area contributed by atoms with Crippen LogP contribution in [0.5, 0.6) is 0 Å². The number of ether oxygens (including phenoxy) is 1. The average Bonchev–Trinajstić information content (AvgIpc) is 3.00. The van der Waals surface area contributed by atoms with Crippen LogP contribution in [0.3, 0.4) is 0 Å². The lowest BCUT2D eigenvalue weighted by molar-refractivity contribution is 0.140. The zero-order valence-corrected chi connectivity index (χ0v) is 11.2.